The molecule has 140 valence electrons. The number of hydrogen-bond acceptors (Lipinski definition) is 7. The van der Waals surface area contributed by atoms with Gasteiger partial charge in [0.1, 0.15) is 11.6 Å². The molecule has 7 heteroatoms. The molecule has 7 nitrogen and oxygen atoms in total. The summed E-state index contributed by atoms with van der Waals surface area (Å²) in [6, 6.07) is 14.5. The Bertz CT molecular complexity index is 869. The predicted molar refractivity (Wildman–Crippen MR) is 108 cm³/mol. The first-order valence-electron chi connectivity index (χ1n) is 8.85. The maximum atomic E-state index is 9.67. The van der Waals surface area contributed by atoms with Crippen molar-refractivity contribution in [2.45, 2.75) is 6.42 Å². The van der Waals surface area contributed by atoms with E-state index in [1.54, 1.807) is 24.4 Å². The first kappa shape index (κ1) is 18.6. The highest BCUT2D eigenvalue weighted by Crippen LogP contribution is 2.24. The third-order valence-electron chi connectivity index (χ3n) is 3.84. The van der Waals surface area contributed by atoms with Crippen molar-refractivity contribution in [3.63, 3.8) is 0 Å². The van der Waals surface area contributed by atoms with Gasteiger partial charge in [-0.3, -0.25) is 4.98 Å². The van der Waals surface area contributed by atoms with Crippen LogP contribution in [0.25, 0.3) is 11.4 Å². The number of phenolic OH excluding ortho intramolecular Hbond substituents is 1. The maximum Gasteiger partial charge on any atom is 0.225 e. The number of aromatic hydroxyl groups is 1. The fourth-order valence-corrected chi connectivity index (χ4v) is 2.56. The van der Waals surface area contributed by atoms with Crippen molar-refractivity contribution >= 4 is 17.5 Å². The summed E-state index contributed by atoms with van der Waals surface area (Å²) in [5.74, 6) is 1.37. The Hall–Kier alpha value is -3.19. The van der Waals surface area contributed by atoms with Crippen LogP contribution < -0.4 is 10.6 Å². The third-order valence-corrected chi connectivity index (χ3v) is 3.84. The predicted octanol–water partition coefficient (Wildman–Crippen LogP) is 3.35. The number of pyridine rings is 1. The standard InChI is InChI=1S/C20H24N6O/c1-26(2)12-6-11-22-20-24-18(17-9-3-4-10-21-17)14-19(25-20)23-15-7-5-8-16(27)13-15/h3-5,7-10,13-14,27H,6,11-12H2,1-2H3,(H2,22,23,24,25). The molecule has 0 aliphatic rings. The Kier molecular flexibility index (Phi) is 6.17. The van der Waals surface area contributed by atoms with Crippen LogP contribution in [0.5, 0.6) is 5.75 Å². The number of anilines is 3. The zero-order valence-electron chi connectivity index (χ0n) is 15.6. The molecule has 0 saturated heterocycles. The van der Waals surface area contributed by atoms with Gasteiger partial charge in [-0.05, 0) is 51.3 Å². The van der Waals surface area contributed by atoms with E-state index in [9.17, 15) is 5.11 Å². The average molecular weight is 364 g/mol. The number of phenols is 1. The van der Waals surface area contributed by atoms with E-state index in [2.05, 4.69) is 44.6 Å². The first-order valence-corrected chi connectivity index (χ1v) is 8.85. The van der Waals surface area contributed by atoms with Gasteiger partial charge in [0.2, 0.25) is 5.95 Å². The van der Waals surface area contributed by atoms with Crippen LogP contribution in [-0.2, 0) is 0 Å². The molecule has 0 saturated carbocycles. The van der Waals surface area contributed by atoms with Crippen LogP contribution in [0.1, 0.15) is 6.42 Å². The highest BCUT2D eigenvalue weighted by atomic mass is 16.3. The molecule has 27 heavy (non-hydrogen) atoms. The summed E-state index contributed by atoms with van der Waals surface area (Å²) < 4.78 is 0. The molecule has 0 unspecified atom stereocenters. The van der Waals surface area contributed by atoms with E-state index in [1.165, 1.54) is 0 Å². The van der Waals surface area contributed by atoms with Crippen LogP contribution in [0.2, 0.25) is 0 Å². The summed E-state index contributed by atoms with van der Waals surface area (Å²) in [7, 11) is 4.10. The summed E-state index contributed by atoms with van der Waals surface area (Å²) >= 11 is 0. The van der Waals surface area contributed by atoms with Crippen molar-refractivity contribution in [2.24, 2.45) is 0 Å². The molecule has 0 bridgehead atoms. The summed E-state index contributed by atoms with van der Waals surface area (Å²) in [5, 5.41) is 16.2. The first-order chi connectivity index (χ1) is 13.1. The van der Waals surface area contributed by atoms with Gasteiger partial charge in [0, 0.05) is 30.6 Å². The van der Waals surface area contributed by atoms with E-state index in [4.69, 9.17) is 0 Å². The van der Waals surface area contributed by atoms with Gasteiger partial charge in [0.15, 0.2) is 0 Å². The van der Waals surface area contributed by atoms with E-state index in [0.717, 1.165) is 36.6 Å². The lowest BCUT2D eigenvalue weighted by Gasteiger charge is -2.12. The number of nitrogens with one attached hydrogen (secondary N) is 2. The fraction of sp³-hybridized carbons (Fsp3) is 0.250. The molecular weight excluding hydrogens is 340 g/mol. The highest BCUT2D eigenvalue weighted by Gasteiger charge is 2.08. The second kappa shape index (κ2) is 8.95. The third kappa shape index (κ3) is 5.65. The number of benzene rings is 1. The minimum atomic E-state index is 0.195. The molecular formula is C20H24N6O. The van der Waals surface area contributed by atoms with Gasteiger partial charge >= 0.3 is 0 Å². The lowest BCUT2D eigenvalue weighted by Crippen LogP contribution is -2.17. The van der Waals surface area contributed by atoms with E-state index in [-0.39, 0.29) is 5.75 Å². The van der Waals surface area contributed by atoms with Crippen LogP contribution in [0.3, 0.4) is 0 Å². The second-order valence-corrected chi connectivity index (χ2v) is 6.44. The fourth-order valence-electron chi connectivity index (χ4n) is 2.56. The molecule has 3 rings (SSSR count). The van der Waals surface area contributed by atoms with Crippen molar-refractivity contribution in [1.82, 2.24) is 19.9 Å². The highest BCUT2D eigenvalue weighted by molar-refractivity contribution is 5.65. The van der Waals surface area contributed by atoms with Crippen LogP contribution in [0, 0.1) is 0 Å². The number of hydrogen-bond donors (Lipinski definition) is 3. The SMILES string of the molecule is CN(C)CCCNc1nc(Nc2cccc(O)c2)cc(-c2ccccn2)n1. The number of nitrogens with zero attached hydrogens (tertiary/aromatic N) is 4. The van der Waals surface area contributed by atoms with Crippen molar-refractivity contribution in [3.8, 4) is 17.1 Å². The Morgan fingerprint density at radius 3 is 2.63 bits per heavy atom. The van der Waals surface area contributed by atoms with Crippen LogP contribution >= 0.6 is 0 Å². The largest absolute Gasteiger partial charge is 0.508 e. The molecule has 0 spiro atoms. The molecule has 0 atom stereocenters. The molecule has 2 heterocycles. The van der Waals surface area contributed by atoms with Gasteiger partial charge in [-0.15, -0.1) is 0 Å². The Morgan fingerprint density at radius 2 is 1.89 bits per heavy atom. The van der Waals surface area contributed by atoms with Crippen LogP contribution in [-0.4, -0.2) is 52.1 Å². The summed E-state index contributed by atoms with van der Waals surface area (Å²) in [5.41, 5.74) is 2.25. The van der Waals surface area contributed by atoms with E-state index in [0.29, 0.717) is 11.8 Å². The van der Waals surface area contributed by atoms with E-state index < -0.39 is 0 Å². The maximum absolute atomic E-state index is 9.67. The Morgan fingerprint density at radius 1 is 1.00 bits per heavy atom. The van der Waals surface area contributed by atoms with Crippen molar-refractivity contribution in [3.05, 3.63) is 54.7 Å². The topological polar surface area (TPSA) is 86.2 Å². The zero-order chi connectivity index (χ0) is 19.1. The molecule has 2 aromatic heterocycles. The summed E-state index contributed by atoms with van der Waals surface area (Å²) in [6.45, 7) is 1.76. The van der Waals surface area contributed by atoms with Gasteiger partial charge in [0.05, 0.1) is 11.4 Å². The van der Waals surface area contributed by atoms with Crippen LogP contribution in [0.15, 0.2) is 54.7 Å². The number of aromatic nitrogens is 3. The van der Waals surface area contributed by atoms with Crippen molar-refractivity contribution in [1.29, 1.82) is 0 Å². The minimum Gasteiger partial charge on any atom is -0.508 e. The normalized spacial score (nSPS) is 10.8. The molecule has 3 aromatic rings. The average Bonchev–Trinajstić information content (AvgIpc) is 2.66. The lowest BCUT2D eigenvalue weighted by atomic mass is 10.2. The van der Waals surface area contributed by atoms with Gasteiger partial charge in [-0.2, -0.15) is 4.98 Å². The molecule has 0 amide bonds. The summed E-state index contributed by atoms with van der Waals surface area (Å²) in [6.07, 6.45) is 2.73. The van der Waals surface area contributed by atoms with Crippen molar-refractivity contribution in [2.75, 3.05) is 37.8 Å². The molecule has 0 aliphatic carbocycles. The van der Waals surface area contributed by atoms with Gasteiger partial charge in [-0.25, -0.2) is 4.98 Å². The second-order valence-electron chi connectivity index (χ2n) is 6.44. The monoisotopic (exact) mass is 364 g/mol. The van der Waals surface area contributed by atoms with Gasteiger partial charge in [-0.1, -0.05) is 12.1 Å². The van der Waals surface area contributed by atoms with Crippen LogP contribution in [0.4, 0.5) is 17.5 Å². The van der Waals surface area contributed by atoms with Gasteiger partial charge in [0.25, 0.3) is 0 Å². The smallest absolute Gasteiger partial charge is 0.225 e. The quantitative estimate of drug-likeness (QED) is 0.528. The van der Waals surface area contributed by atoms with E-state index >= 15 is 0 Å². The molecule has 0 radical (unpaired) electrons. The Labute approximate surface area is 159 Å². The molecule has 0 aliphatic heterocycles. The summed E-state index contributed by atoms with van der Waals surface area (Å²) in [4.78, 5) is 15.7. The zero-order valence-corrected chi connectivity index (χ0v) is 15.6. The minimum absolute atomic E-state index is 0.195. The molecule has 0 fully saturated rings. The number of rotatable bonds is 8. The Balaban J connectivity index is 1.83. The van der Waals surface area contributed by atoms with E-state index in [1.807, 2.05) is 30.3 Å². The van der Waals surface area contributed by atoms with Crippen molar-refractivity contribution < 1.29 is 5.11 Å². The molecule has 3 N–H and O–H groups in total. The van der Waals surface area contributed by atoms with Gasteiger partial charge < -0.3 is 20.6 Å². The lowest BCUT2D eigenvalue weighted by molar-refractivity contribution is 0.405. The molecule has 1 aromatic carbocycles.